The molecule has 1 atom stereocenters. The first kappa shape index (κ1) is 12.0. The number of hydrogen-bond donors (Lipinski definition) is 0. The second-order valence-electron chi connectivity index (χ2n) is 4.00. The van der Waals surface area contributed by atoms with E-state index in [4.69, 9.17) is 14.2 Å². The summed E-state index contributed by atoms with van der Waals surface area (Å²) >= 11 is 0. The maximum Gasteiger partial charge on any atom is 0.231 e. The zero-order valence-corrected chi connectivity index (χ0v) is 10.1. The average molecular weight is 234 g/mol. The minimum absolute atomic E-state index is 0.0574. The van der Waals surface area contributed by atoms with Gasteiger partial charge in [-0.2, -0.15) is 0 Å². The van der Waals surface area contributed by atoms with E-state index in [2.05, 4.69) is 13.5 Å². The van der Waals surface area contributed by atoms with Crippen LogP contribution in [0.1, 0.15) is 31.4 Å². The smallest absolute Gasteiger partial charge is 0.231 e. The molecule has 2 rings (SSSR count). The largest absolute Gasteiger partial charge is 0.454 e. The number of fused-ring (bicyclic) bond motifs is 1. The van der Waals surface area contributed by atoms with Crippen molar-refractivity contribution in [3.8, 4) is 11.5 Å². The van der Waals surface area contributed by atoms with Crippen LogP contribution in [0.4, 0.5) is 0 Å². The molecule has 0 amide bonds. The van der Waals surface area contributed by atoms with Gasteiger partial charge in [0, 0.05) is 6.61 Å². The van der Waals surface area contributed by atoms with Gasteiger partial charge in [0.05, 0.1) is 6.10 Å². The fraction of sp³-hybridized carbons (Fsp3) is 0.429. The maximum absolute atomic E-state index is 5.81. The lowest BCUT2D eigenvalue weighted by Crippen LogP contribution is -2.04. The molecule has 0 N–H and O–H groups in total. The molecular formula is C14H18O3. The van der Waals surface area contributed by atoms with E-state index in [9.17, 15) is 0 Å². The molecule has 3 nitrogen and oxygen atoms in total. The Morgan fingerprint density at radius 1 is 1.41 bits per heavy atom. The van der Waals surface area contributed by atoms with Crippen molar-refractivity contribution in [2.75, 3.05) is 13.4 Å². The monoisotopic (exact) mass is 234 g/mol. The van der Waals surface area contributed by atoms with E-state index >= 15 is 0 Å². The van der Waals surface area contributed by atoms with Crippen LogP contribution in [0.25, 0.3) is 0 Å². The van der Waals surface area contributed by atoms with Crippen LogP contribution in [-0.4, -0.2) is 13.4 Å². The van der Waals surface area contributed by atoms with Gasteiger partial charge in [-0.1, -0.05) is 19.1 Å². The number of benzene rings is 1. The Labute approximate surface area is 102 Å². The zero-order chi connectivity index (χ0) is 12.1. The molecule has 0 spiro atoms. The highest BCUT2D eigenvalue weighted by molar-refractivity contribution is 5.45. The summed E-state index contributed by atoms with van der Waals surface area (Å²) in [6.45, 7) is 6.94. The van der Waals surface area contributed by atoms with Crippen molar-refractivity contribution < 1.29 is 14.2 Å². The number of hydrogen-bond acceptors (Lipinski definition) is 3. The van der Waals surface area contributed by atoms with E-state index in [0.717, 1.165) is 36.5 Å². The standard InChI is InChI=1S/C14H18O3/c1-3-5-12(15-8-4-2)11-6-7-13-14(9-11)17-10-16-13/h3,6-7,9,12H,1,4-5,8,10H2,2H3/t12-/m1/s1. The molecule has 1 heterocycles. The summed E-state index contributed by atoms with van der Waals surface area (Å²) in [5.74, 6) is 1.61. The Morgan fingerprint density at radius 2 is 2.24 bits per heavy atom. The van der Waals surface area contributed by atoms with E-state index in [1.54, 1.807) is 0 Å². The summed E-state index contributed by atoms with van der Waals surface area (Å²) in [4.78, 5) is 0. The van der Waals surface area contributed by atoms with Gasteiger partial charge in [0.25, 0.3) is 0 Å². The van der Waals surface area contributed by atoms with Crippen molar-refractivity contribution in [3.63, 3.8) is 0 Å². The van der Waals surface area contributed by atoms with Gasteiger partial charge in [-0.3, -0.25) is 0 Å². The van der Waals surface area contributed by atoms with Crippen LogP contribution in [0.5, 0.6) is 11.5 Å². The molecule has 3 heteroatoms. The Balaban J connectivity index is 2.14. The highest BCUT2D eigenvalue weighted by Crippen LogP contribution is 2.35. The van der Waals surface area contributed by atoms with Gasteiger partial charge in [-0.15, -0.1) is 6.58 Å². The molecule has 1 aromatic rings. The van der Waals surface area contributed by atoms with Crippen molar-refractivity contribution >= 4 is 0 Å². The highest BCUT2D eigenvalue weighted by atomic mass is 16.7. The average Bonchev–Trinajstić information content (AvgIpc) is 2.81. The number of rotatable bonds is 6. The third kappa shape index (κ3) is 2.80. The van der Waals surface area contributed by atoms with Crippen LogP contribution in [-0.2, 0) is 4.74 Å². The van der Waals surface area contributed by atoms with E-state index in [0.29, 0.717) is 6.79 Å². The predicted octanol–water partition coefficient (Wildman–Crippen LogP) is 3.46. The second kappa shape index (κ2) is 5.73. The quantitative estimate of drug-likeness (QED) is 0.705. The second-order valence-corrected chi connectivity index (χ2v) is 4.00. The molecule has 17 heavy (non-hydrogen) atoms. The topological polar surface area (TPSA) is 27.7 Å². The molecule has 1 aliphatic rings. The lowest BCUT2D eigenvalue weighted by Gasteiger charge is -2.16. The van der Waals surface area contributed by atoms with Crippen molar-refractivity contribution in [3.05, 3.63) is 36.4 Å². The molecule has 92 valence electrons. The van der Waals surface area contributed by atoms with Crippen LogP contribution < -0.4 is 9.47 Å². The SMILES string of the molecule is C=CC[C@@H](OCCC)c1ccc2c(c1)OCO2. The predicted molar refractivity (Wildman–Crippen MR) is 66.4 cm³/mol. The molecule has 0 fully saturated rings. The fourth-order valence-corrected chi connectivity index (χ4v) is 1.83. The van der Waals surface area contributed by atoms with Gasteiger partial charge < -0.3 is 14.2 Å². The Morgan fingerprint density at radius 3 is 3.00 bits per heavy atom. The summed E-state index contributed by atoms with van der Waals surface area (Å²) in [6.07, 6.45) is 3.75. The fourth-order valence-electron chi connectivity index (χ4n) is 1.83. The molecule has 0 unspecified atom stereocenters. The first-order valence-corrected chi connectivity index (χ1v) is 5.97. The molecule has 0 aromatic heterocycles. The van der Waals surface area contributed by atoms with Crippen molar-refractivity contribution in [1.29, 1.82) is 0 Å². The van der Waals surface area contributed by atoms with Gasteiger partial charge in [0.15, 0.2) is 11.5 Å². The first-order valence-electron chi connectivity index (χ1n) is 5.97. The zero-order valence-electron chi connectivity index (χ0n) is 10.1. The molecule has 1 aliphatic heterocycles. The van der Waals surface area contributed by atoms with Crippen LogP contribution in [0.15, 0.2) is 30.9 Å². The summed E-state index contributed by atoms with van der Waals surface area (Å²) in [7, 11) is 0. The van der Waals surface area contributed by atoms with Gasteiger partial charge >= 0.3 is 0 Å². The van der Waals surface area contributed by atoms with Gasteiger partial charge in [-0.05, 0) is 30.5 Å². The minimum Gasteiger partial charge on any atom is -0.454 e. The third-order valence-corrected chi connectivity index (χ3v) is 2.67. The Bertz CT molecular complexity index is 387. The third-order valence-electron chi connectivity index (χ3n) is 2.67. The van der Waals surface area contributed by atoms with Gasteiger partial charge in [0.1, 0.15) is 0 Å². The molecule has 0 saturated heterocycles. The van der Waals surface area contributed by atoms with E-state index < -0.39 is 0 Å². The number of ether oxygens (including phenoxy) is 3. The van der Waals surface area contributed by atoms with Crippen LogP contribution in [0, 0.1) is 0 Å². The minimum atomic E-state index is 0.0574. The van der Waals surface area contributed by atoms with E-state index in [1.807, 2.05) is 24.3 Å². The van der Waals surface area contributed by atoms with Crippen molar-refractivity contribution in [2.24, 2.45) is 0 Å². The van der Waals surface area contributed by atoms with Crippen LogP contribution in [0.3, 0.4) is 0 Å². The summed E-state index contributed by atoms with van der Waals surface area (Å²) in [6, 6.07) is 5.95. The van der Waals surface area contributed by atoms with Gasteiger partial charge in [-0.25, -0.2) is 0 Å². The molecule has 0 bridgehead atoms. The molecule has 1 aromatic carbocycles. The summed E-state index contributed by atoms with van der Waals surface area (Å²) in [5, 5.41) is 0. The molecular weight excluding hydrogens is 216 g/mol. The molecule has 0 radical (unpaired) electrons. The van der Waals surface area contributed by atoms with Gasteiger partial charge in [0.2, 0.25) is 6.79 Å². The van der Waals surface area contributed by atoms with Crippen molar-refractivity contribution in [1.82, 2.24) is 0 Å². The summed E-state index contributed by atoms with van der Waals surface area (Å²) < 4.78 is 16.5. The maximum atomic E-state index is 5.81. The van der Waals surface area contributed by atoms with E-state index in [-0.39, 0.29) is 6.10 Å². The molecule has 0 saturated carbocycles. The first-order chi connectivity index (χ1) is 8.35. The lowest BCUT2D eigenvalue weighted by molar-refractivity contribution is 0.0550. The van der Waals surface area contributed by atoms with Crippen LogP contribution in [0.2, 0.25) is 0 Å². The Hall–Kier alpha value is -1.48. The van der Waals surface area contributed by atoms with Crippen LogP contribution >= 0.6 is 0 Å². The lowest BCUT2D eigenvalue weighted by atomic mass is 10.1. The Kier molecular flexibility index (Phi) is 4.04. The van der Waals surface area contributed by atoms with E-state index in [1.165, 1.54) is 0 Å². The van der Waals surface area contributed by atoms with Crippen molar-refractivity contribution in [2.45, 2.75) is 25.9 Å². The summed E-state index contributed by atoms with van der Waals surface area (Å²) in [5.41, 5.74) is 1.11. The molecule has 0 aliphatic carbocycles. The normalized spacial score (nSPS) is 14.6. The highest BCUT2D eigenvalue weighted by Gasteiger charge is 2.17.